The van der Waals surface area contributed by atoms with Crippen LogP contribution in [0.1, 0.15) is 36.9 Å². The highest BCUT2D eigenvalue weighted by atomic mass is 16.5. The third kappa shape index (κ3) is 6.07. The van der Waals surface area contributed by atoms with Crippen molar-refractivity contribution in [2.24, 2.45) is 11.8 Å². The maximum Gasteiger partial charge on any atom is 0.226 e. The van der Waals surface area contributed by atoms with Gasteiger partial charge in [-0.1, -0.05) is 24.3 Å². The molecule has 2 aliphatic rings. The lowest BCUT2D eigenvalue weighted by Crippen LogP contribution is -2.48. The van der Waals surface area contributed by atoms with Crippen LogP contribution in [-0.4, -0.2) is 60.0 Å². The molecule has 0 N–H and O–H groups in total. The van der Waals surface area contributed by atoms with E-state index in [0.717, 1.165) is 76.3 Å². The molecule has 3 heterocycles. The molecule has 4 rings (SSSR count). The minimum absolute atomic E-state index is 0.133. The van der Waals surface area contributed by atoms with Gasteiger partial charge in [-0.15, -0.1) is 0 Å². The summed E-state index contributed by atoms with van der Waals surface area (Å²) in [5, 5.41) is 0. The lowest BCUT2D eigenvalue weighted by atomic mass is 9.93. The van der Waals surface area contributed by atoms with Gasteiger partial charge in [-0.25, -0.2) is 0 Å². The first kappa shape index (κ1) is 21.8. The number of para-hydroxylation sites is 1. The van der Waals surface area contributed by atoms with Crippen LogP contribution in [0.2, 0.25) is 0 Å². The molecule has 2 saturated heterocycles. The predicted molar refractivity (Wildman–Crippen MR) is 123 cm³/mol. The van der Waals surface area contributed by atoms with E-state index < -0.39 is 0 Å². The highest BCUT2D eigenvalue weighted by Gasteiger charge is 2.32. The summed E-state index contributed by atoms with van der Waals surface area (Å²) in [6, 6.07) is 14.2. The number of pyridine rings is 1. The molecule has 2 aromatic rings. The molecule has 2 fully saturated rings. The molecule has 1 aromatic heterocycles. The Morgan fingerprint density at radius 3 is 2.74 bits per heavy atom. The smallest absolute Gasteiger partial charge is 0.226 e. The van der Waals surface area contributed by atoms with Gasteiger partial charge < -0.3 is 14.5 Å². The number of hydrogen-bond acceptors (Lipinski definition) is 4. The SMILES string of the molecule is Cc1ccccc1OC[C@H]1CCCN(C(=O)[C@@H]2CCCN(CCc3ccccn3)C2)C1. The van der Waals surface area contributed by atoms with Gasteiger partial charge in [0.05, 0.1) is 12.5 Å². The molecule has 0 saturated carbocycles. The number of piperidine rings is 2. The minimum atomic E-state index is 0.133. The van der Waals surface area contributed by atoms with E-state index in [1.807, 2.05) is 36.5 Å². The van der Waals surface area contributed by atoms with Gasteiger partial charge in [0.25, 0.3) is 0 Å². The van der Waals surface area contributed by atoms with E-state index >= 15 is 0 Å². The number of benzene rings is 1. The summed E-state index contributed by atoms with van der Waals surface area (Å²) in [7, 11) is 0. The van der Waals surface area contributed by atoms with E-state index in [-0.39, 0.29) is 5.92 Å². The van der Waals surface area contributed by atoms with Crippen LogP contribution in [0.3, 0.4) is 0 Å². The van der Waals surface area contributed by atoms with Gasteiger partial charge in [-0.3, -0.25) is 9.78 Å². The Bertz CT molecular complexity index is 842. The zero-order valence-corrected chi connectivity index (χ0v) is 18.7. The van der Waals surface area contributed by atoms with E-state index in [4.69, 9.17) is 4.74 Å². The standard InChI is InChI=1S/C26H35N3O2/c1-21-8-2-3-12-25(21)31-20-22-9-6-16-29(18-22)26(30)23-10-7-15-28(19-23)17-13-24-11-4-5-14-27-24/h2-5,8,11-12,14,22-23H,6-7,9-10,13,15-20H2,1H3/t22-,23+/m0/s1. The molecule has 0 unspecified atom stereocenters. The van der Waals surface area contributed by atoms with Crippen LogP contribution >= 0.6 is 0 Å². The predicted octanol–water partition coefficient (Wildman–Crippen LogP) is 3.96. The van der Waals surface area contributed by atoms with Crippen molar-refractivity contribution in [3.05, 3.63) is 59.9 Å². The first-order valence-electron chi connectivity index (χ1n) is 11.8. The molecule has 1 aromatic carbocycles. The van der Waals surface area contributed by atoms with Gasteiger partial charge in [-0.2, -0.15) is 0 Å². The molecule has 1 amide bonds. The van der Waals surface area contributed by atoms with Gasteiger partial charge in [0.1, 0.15) is 5.75 Å². The Hall–Kier alpha value is -2.40. The molecule has 31 heavy (non-hydrogen) atoms. The van der Waals surface area contributed by atoms with Crippen molar-refractivity contribution in [3.63, 3.8) is 0 Å². The molecule has 2 atom stereocenters. The van der Waals surface area contributed by atoms with Gasteiger partial charge in [0, 0.05) is 50.4 Å². The summed E-state index contributed by atoms with van der Waals surface area (Å²) in [6.07, 6.45) is 7.13. The van der Waals surface area contributed by atoms with Crippen LogP contribution in [0.5, 0.6) is 5.75 Å². The molecule has 166 valence electrons. The first-order chi connectivity index (χ1) is 15.2. The van der Waals surface area contributed by atoms with E-state index in [1.165, 1.54) is 5.56 Å². The number of aryl methyl sites for hydroxylation is 1. The Morgan fingerprint density at radius 2 is 1.90 bits per heavy atom. The van der Waals surface area contributed by atoms with Crippen LogP contribution in [0.25, 0.3) is 0 Å². The highest BCUT2D eigenvalue weighted by molar-refractivity contribution is 5.79. The summed E-state index contributed by atoms with van der Waals surface area (Å²) in [5.74, 6) is 1.86. The molecular weight excluding hydrogens is 386 g/mol. The number of ether oxygens (including phenoxy) is 1. The summed E-state index contributed by atoms with van der Waals surface area (Å²) in [5.41, 5.74) is 2.29. The van der Waals surface area contributed by atoms with Crippen LogP contribution in [-0.2, 0) is 11.2 Å². The lowest BCUT2D eigenvalue weighted by molar-refractivity contribution is -0.139. The van der Waals surface area contributed by atoms with E-state index in [0.29, 0.717) is 18.4 Å². The summed E-state index contributed by atoms with van der Waals surface area (Å²) in [6.45, 7) is 7.44. The van der Waals surface area contributed by atoms with Crippen molar-refractivity contribution in [3.8, 4) is 5.75 Å². The van der Waals surface area contributed by atoms with Crippen molar-refractivity contribution in [2.75, 3.05) is 39.3 Å². The fourth-order valence-electron chi connectivity index (χ4n) is 4.86. The quantitative estimate of drug-likeness (QED) is 0.679. The first-order valence-corrected chi connectivity index (χ1v) is 11.8. The van der Waals surface area contributed by atoms with Crippen LogP contribution < -0.4 is 4.74 Å². The van der Waals surface area contributed by atoms with Crippen LogP contribution in [0, 0.1) is 18.8 Å². The number of hydrogen-bond donors (Lipinski definition) is 0. The molecule has 2 aliphatic heterocycles. The van der Waals surface area contributed by atoms with E-state index in [9.17, 15) is 4.79 Å². The Kier molecular flexibility index (Phi) is 7.57. The van der Waals surface area contributed by atoms with Gasteiger partial charge in [0.2, 0.25) is 5.91 Å². The number of nitrogens with zero attached hydrogens (tertiary/aromatic N) is 3. The summed E-state index contributed by atoms with van der Waals surface area (Å²) >= 11 is 0. The van der Waals surface area contributed by atoms with Gasteiger partial charge in [-0.05, 0) is 62.9 Å². The van der Waals surface area contributed by atoms with E-state index in [2.05, 4.69) is 33.8 Å². The van der Waals surface area contributed by atoms with Crippen molar-refractivity contribution in [1.82, 2.24) is 14.8 Å². The monoisotopic (exact) mass is 421 g/mol. The molecular formula is C26H35N3O2. The van der Waals surface area contributed by atoms with Crippen LogP contribution in [0.15, 0.2) is 48.7 Å². The number of likely N-dealkylation sites (tertiary alicyclic amines) is 2. The molecule has 0 radical (unpaired) electrons. The number of carbonyl (C=O) groups is 1. The number of carbonyl (C=O) groups excluding carboxylic acids is 1. The second kappa shape index (κ2) is 10.8. The number of amides is 1. The second-order valence-corrected chi connectivity index (χ2v) is 9.08. The van der Waals surface area contributed by atoms with Crippen molar-refractivity contribution in [1.29, 1.82) is 0 Å². The zero-order valence-electron chi connectivity index (χ0n) is 18.7. The highest BCUT2D eigenvalue weighted by Crippen LogP contribution is 2.25. The summed E-state index contributed by atoms with van der Waals surface area (Å²) < 4.78 is 6.09. The fourth-order valence-corrected chi connectivity index (χ4v) is 4.86. The Morgan fingerprint density at radius 1 is 1.06 bits per heavy atom. The number of aromatic nitrogens is 1. The average molecular weight is 422 g/mol. The molecule has 0 spiro atoms. The van der Waals surface area contributed by atoms with Crippen LogP contribution in [0.4, 0.5) is 0 Å². The van der Waals surface area contributed by atoms with E-state index in [1.54, 1.807) is 0 Å². The molecule has 0 bridgehead atoms. The second-order valence-electron chi connectivity index (χ2n) is 9.08. The van der Waals surface area contributed by atoms with Crippen molar-refractivity contribution in [2.45, 2.75) is 39.0 Å². The molecule has 5 nitrogen and oxygen atoms in total. The third-order valence-corrected chi connectivity index (χ3v) is 6.66. The van der Waals surface area contributed by atoms with Gasteiger partial charge >= 0.3 is 0 Å². The average Bonchev–Trinajstić information content (AvgIpc) is 2.83. The summed E-state index contributed by atoms with van der Waals surface area (Å²) in [4.78, 5) is 22.3. The normalized spacial score (nSPS) is 22.3. The van der Waals surface area contributed by atoms with Gasteiger partial charge in [0.15, 0.2) is 0 Å². The lowest BCUT2D eigenvalue weighted by Gasteiger charge is -2.38. The Balaban J connectivity index is 1.26. The third-order valence-electron chi connectivity index (χ3n) is 6.66. The zero-order chi connectivity index (χ0) is 21.5. The maximum absolute atomic E-state index is 13.3. The fraction of sp³-hybridized carbons (Fsp3) is 0.538. The topological polar surface area (TPSA) is 45.7 Å². The van der Waals surface area contributed by atoms with Crippen molar-refractivity contribution >= 4 is 5.91 Å². The largest absolute Gasteiger partial charge is 0.493 e. The maximum atomic E-state index is 13.3. The molecule has 5 heteroatoms. The molecule has 0 aliphatic carbocycles. The number of rotatable bonds is 7. The van der Waals surface area contributed by atoms with Crippen molar-refractivity contribution < 1.29 is 9.53 Å². The Labute approximate surface area is 186 Å². The minimum Gasteiger partial charge on any atom is -0.493 e.